The molecular formula is C14H24N4O. The summed E-state index contributed by atoms with van der Waals surface area (Å²) in [5.74, 6) is 0.669. The molecule has 106 valence electrons. The Labute approximate surface area is 114 Å². The first-order valence-electron chi connectivity index (χ1n) is 7.06. The summed E-state index contributed by atoms with van der Waals surface area (Å²) < 4.78 is 1.97. The van der Waals surface area contributed by atoms with Crippen LogP contribution in [0, 0.1) is 26.7 Å². The molecule has 5 heteroatoms. The molecule has 2 N–H and O–H groups in total. The number of hydrogen-bond acceptors (Lipinski definition) is 3. The standard InChI is InChI=1S/C14H24N4O/c1-10-11(2)17-18(12(10)3)7-6-16-14(19)8-13-4-5-15-9-13/h13,15H,4-9H2,1-3H3,(H,16,19). The lowest BCUT2D eigenvalue weighted by Gasteiger charge is -2.10. The minimum atomic E-state index is 0.159. The van der Waals surface area contributed by atoms with Gasteiger partial charge in [-0.15, -0.1) is 0 Å². The number of amides is 1. The number of aromatic nitrogens is 2. The van der Waals surface area contributed by atoms with Crippen LogP contribution in [-0.2, 0) is 11.3 Å². The van der Waals surface area contributed by atoms with Gasteiger partial charge < -0.3 is 10.6 Å². The Bertz CT molecular complexity index is 447. The van der Waals surface area contributed by atoms with Gasteiger partial charge in [0.1, 0.15) is 0 Å². The Kier molecular flexibility index (Phi) is 4.58. The fourth-order valence-electron chi connectivity index (χ4n) is 2.53. The zero-order chi connectivity index (χ0) is 13.8. The summed E-state index contributed by atoms with van der Waals surface area (Å²) >= 11 is 0. The number of nitrogens with zero attached hydrogens (tertiary/aromatic N) is 2. The van der Waals surface area contributed by atoms with Crippen molar-refractivity contribution in [1.82, 2.24) is 20.4 Å². The van der Waals surface area contributed by atoms with Gasteiger partial charge in [0.05, 0.1) is 12.2 Å². The van der Waals surface area contributed by atoms with Crippen molar-refractivity contribution in [2.24, 2.45) is 5.92 Å². The van der Waals surface area contributed by atoms with E-state index in [2.05, 4.69) is 29.6 Å². The van der Waals surface area contributed by atoms with Gasteiger partial charge in [-0.05, 0) is 51.8 Å². The molecule has 2 rings (SSSR count). The van der Waals surface area contributed by atoms with E-state index < -0.39 is 0 Å². The van der Waals surface area contributed by atoms with Crippen molar-refractivity contribution in [1.29, 1.82) is 0 Å². The molecule has 0 aliphatic carbocycles. The van der Waals surface area contributed by atoms with E-state index in [9.17, 15) is 4.79 Å². The third-order valence-corrected chi connectivity index (χ3v) is 4.03. The highest BCUT2D eigenvalue weighted by molar-refractivity contribution is 5.76. The zero-order valence-electron chi connectivity index (χ0n) is 12.1. The molecule has 0 radical (unpaired) electrons. The van der Waals surface area contributed by atoms with Crippen molar-refractivity contribution in [3.05, 3.63) is 17.0 Å². The molecule has 0 spiro atoms. The van der Waals surface area contributed by atoms with Crippen LogP contribution < -0.4 is 10.6 Å². The largest absolute Gasteiger partial charge is 0.354 e. The summed E-state index contributed by atoms with van der Waals surface area (Å²) in [6, 6.07) is 0. The minimum absolute atomic E-state index is 0.159. The van der Waals surface area contributed by atoms with Crippen LogP contribution in [-0.4, -0.2) is 35.3 Å². The quantitative estimate of drug-likeness (QED) is 0.831. The smallest absolute Gasteiger partial charge is 0.220 e. The maximum Gasteiger partial charge on any atom is 0.220 e. The molecule has 1 aliphatic rings. The summed E-state index contributed by atoms with van der Waals surface area (Å²) in [7, 11) is 0. The Balaban J connectivity index is 1.73. The van der Waals surface area contributed by atoms with Crippen molar-refractivity contribution in [3.63, 3.8) is 0 Å². The highest BCUT2D eigenvalue weighted by Gasteiger charge is 2.17. The van der Waals surface area contributed by atoms with Crippen molar-refractivity contribution in [2.75, 3.05) is 19.6 Å². The lowest BCUT2D eigenvalue weighted by atomic mass is 10.0. The fourth-order valence-corrected chi connectivity index (χ4v) is 2.53. The highest BCUT2D eigenvalue weighted by atomic mass is 16.1. The molecule has 2 heterocycles. The Morgan fingerprint density at radius 1 is 1.47 bits per heavy atom. The molecule has 1 fully saturated rings. The van der Waals surface area contributed by atoms with E-state index in [1.807, 2.05) is 11.6 Å². The van der Waals surface area contributed by atoms with E-state index in [-0.39, 0.29) is 5.91 Å². The van der Waals surface area contributed by atoms with Crippen LogP contribution in [0.2, 0.25) is 0 Å². The lowest BCUT2D eigenvalue weighted by molar-refractivity contribution is -0.121. The van der Waals surface area contributed by atoms with Gasteiger partial charge in [-0.25, -0.2) is 0 Å². The summed E-state index contributed by atoms with van der Waals surface area (Å²) in [6.45, 7) is 9.59. The molecule has 1 aliphatic heterocycles. The van der Waals surface area contributed by atoms with Gasteiger partial charge in [-0.1, -0.05) is 0 Å². The van der Waals surface area contributed by atoms with Crippen LogP contribution in [0.3, 0.4) is 0 Å². The minimum Gasteiger partial charge on any atom is -0.354 e. The van der Waals surface area contributed by atoms with Gasteiger partial charge >= 0.3 is 0 Å². The molecular weight excluding hydrogens is 240 g/mol. The number of rotatable bonds is 5. The average molecular weight is 264 g/mol. The van der Waals surface area contributed by atoms with Gasteiger partial charge in [0.25, 0.3) is 0 Å². The fraction of sp³-hybridized carbons (Fsp3) is 0.714. The molecule has 1 aromatic heterocycles. The van der Waals surface area contributed by atoms with E-state index in [0.717, 1.165) is 31.7 Å². The van der Waals surface area contributed by atoms with Gasteiger partial charge in [0, 0.05) is 18.7 Å². The predicted molar refractivity (Wildman–Crippen MR) is 75.0 cm³/mol. The summed E-state index contributed by atoms with van der Waals surface area (Å²) in [4.78, 5) is 11.8. The van der Waals surface area contributed by atoms with E-state index in [1.54, 1.807) is 0 Å². The maximum atomic E-state index is 11.8. The highest BCUT2D eigenvalue weighted by Crippen LogP contribution is 2.12. The molecule has 1 unspecified atom stereocenters. The van der Waals surface area contributed by atoms with Crippen LogP contribution in [0.4, 0.5) is 0 Å². The predicted octanol–water partition coefficient (Wildman–Crippen LogP) is 0.924. The lowest BCUT2D eigenvalue weighted by Crippen LogP contribution is -2.29. The molecule has 1 amide bonds. The Hall–Kier alpha value is -1.36. The maximum absolute atomic E-state index is 11.8. The molecule has 19 heavy (non-hydrogen) atoms. The van der Waals surface area contributed by atoms with E-state index >= 15 is 0 Å². The Morgan fingerprint density at radius 3 is 2.84 bits per heavy atom. The molecule has 0 saturated carbocycles. The van der Waals surface area contributed by atoms with Crippen LogP contribution in [0.25, 0.3) is 0 Å². The molecule has 1 saturated heterocycles. The summed E-state index contributed by atoms with van der Waals surface area (Å²) in [6.07, 6.45) is 1.76. The van der Waals surface area contributed by atoms with Crippen molar-refractivity contribution < 1.29 is 4.79 Å². The van der Waals surface area contributed by atoms with Crippen LogP contribution in [0.5, 0.6) is 0 Å². The van der Waals surface area contributed by atoms with Crippen LogP contribution in [0.1, 0.15) is 29.8 Å². The second-order valence-electron chi connectivity index (χ2n) is 5.43. The molecule has 1 atom stereocenters. The summed E-state index contributed by atoms with van der Waals surface area (Å²) in [5.41, 5.74) is 3.50. The number of aryl methyl sites for hydroxylation is 1. The molecule has 0 aromatic carbocycles. The number of hydrogen-bond donors (Lipinski definition) is 2. The van der Waals surface area contributed by atoms with Crippen molar-refractivity contribution in [3.8, 4) is 0 Å². The number of carbonyl (C=O) groups is 1. The molecule has 1 aromatic rings. The third-order valence-electron chi connectivity index (χ3n) is 4.03. The van der Waals surface area contributed by atoms with E-state index in [0.29, 0.717) is 18.9 Å². The first kappa shape index (κ1) is 14.1. The average Bonchev–Trinajstić information content (AvgIpc) is 2.95. The van der Waals surface area contributed by atoms with Crippen LogP contribution >= 0.6 is 0 Å². The van der Waals surface area contributed by atoms with Gasteiger partial charge in [0.2, 0.25) is 5.91 Å². The van der Waals surface area contributed by atoms with Crippen molar-refractivity contribution >= 4 is 5.91 Å². The number of nitrogens with one attached hydrogen (secondary N) is 2. The van der Waals surface area contributed by atoms with Gasteiger partial charge in [0.15, 0.2) is 0 Å². The van der Waals surface area contributed by atoms with E-state index in [4.69, 9.17) is 0 Å². The topological polar surface area (TPSA) is 59.0 Å². The molecule has 0 bridgehead atoms. The Morgan fingerprint density at radius 2 is 2.26 bits per heavy atom. The first-order chi connectivity index (χ1) is 9.08. The van der Waals surface area contributed by atoms with E-state index in [1.165, 1.54) is 11.3 Å². The van der Waals surface area contributed by atoms with Gasteiger partial charge in [-0.2, -0.15) is 5.10 Å². The van der Waals surface area contributed by atoms with Crippen molar-refractivity contribution in [2.45, 2.75) is 40.2 Å². The number of carbonyl (C=O) groups excluding carboxylic acids is 1. The third kappa shape index (κ3) is 3.56. The van der Waals surface area contributed by atoms with Gasteiger partial charge in [-0.3, -0.25) is 9.48 Å². The van der Waals surface area contributed by atoms with Crippen LogP contribution in [0.15, 0.2) is 0 Å². The normalized spacial score (nSPS) is 18.8. The summed E-state index contributed by atoms with van der Waals surface area (Å²) in [5, 5.41) is 10.7. The zero-order valence-corrected chi connectivity index (χ0v) is 12.1. The molecule has 5 nitrogen and oxygen atoms in total. The monoisotopic (exact) mass is 264 g/mol. The second kappa shape index (κ2) is 6.19. The SMILES string of the molecule is Cc1nn(CCNC(=O)CC2CCNC2)c(C)c1C. The second-order valence-corrected chi connectivity index (χ2v) is 5.43. The first-order valence-corrected chi connectivity index (χ1v) is 7.06.